The predicted molar refractivity (Wildman–Crippen MR) is 146 cm³/mol. The van der Waals surface area contributed by atoms with Crippen LogP contribution in [0.3, 0.4) is 0 Å². The van der Waals surface area contributed by atoms with Crippen LogP contribution in [0.15, 0.2) is 77.3 Å². The number of rotatable bonds is 9. The fraction of sp³-hybridized carbons (Fsp3) is 0.296. The van der Waals surface area contributed by atoms with Crippen LogP contribution in [0.5, 0.6) is 5.75 Å². The standard InChI is InChI=1S/C27H29N5O2S2/c1-34-23-12-6-5-11-22(23)30-15-17-31(18-16-30)25(33)14-8-20-36-27-29-28-26(24-13-7-19-35-24)32(27)21-9-3-2-4-10-21/h2-7,9-13,19H,8,14-18,20H2,1H3. The second kappa shape index (κ2) is 11.6. The monoisotopic (exact) mass is 519 g/mol. The van der Waals surface area contributed by atoms with Crippen molar-refractivity contribution in [1.82, 2.24) is 19.7 Å². The number of aromatic nitrogens is 3. The molecular weight excluding hydrogens is 490 g/mol. The Bertz CT molecular complexity index is 1270. The number of hydrogen-bond acceptors (Lipinski definition) is 7. The van der Waals surface area contributed by atoms with E-state index in [4.69, 9.17) is 4.74 Å². The summed E-state index contributed by atoms with van der Waals surface area (Å²) >= 11 is 3.31. The van der Waals surface area contributed by atoms with E-state index in [1.54, 1.807) is 30.2 Å². The van der Waals surface area contributed by atoms with Crippen molar-refractivity contribution in [3.05, 3.63) is 72.1 Å². The summed E-state index contributed by atoms with van der Waals surface area (Å²) in [5.41, 5.74) is 2.13. The van der Waals surface area contributed by atoms with Crippen LogP contribution in [0.1, 0.15) is 12.8 Å². The smallest absolute Gasteiger partial charge is 0.222 e. The van der Waals surface area contributed by atoms with Crippen molar-refractivity contribution >= 4 is 34.7 Å². The molecule has 1 aliphatic heterocycles. The number of para-hydroxylation sites is 3. The Morgan fingerprint density at radius 2 is 1.75 bits per heavy atom. The van der Waals surface area contributed by atoms with Gasteiger partial charge in [-0.1, -0.05) is 48.2 Å². The first-order valence-electron chi connectivity index (χ1n) is 12.1. The predicted octanol–water partition coefficient (Wildman–Crippen LogP) is 5.23. The van der Waals surface area contributed by atoms with Gasteiger partial charge in [0.1, 0.15) is 5.75 Å². The van der Waals surface area contributed by atoms with Crippen LogP contribution >= 0.6 is 23.1 Å². The molecule has 0 bridgehead atoms. The van der Waals surface area contributed by atoms with E-state index in [1.165, 1.54) is 0 Å². The Hall–Kier alpha value is -3.30. The molecule has 1 fully saturated rings. The summed E-state index contributed by atoms with van der Waals surface area (Å²) in [6, 6.07) is 22.3. The van der Waals surface area contributed by atoms with Gasteiger partial charge in [-0.2, -0.15) is 0 Å². The lowest BCUT2D eigenvalue weighted by Gasteiger charge is -2.36. The maximum Gasteiger partial charge on any atom is 0.222 e. The number of amides is 1. The van der Waals surface area contributed by atoms with Gasteiger partial charge in [-0.25, -0.2) is 0 Å². The van der Waals surface area contributed by atoms with Crippen LogP contribution in [-0.4, -0.2) is 64.6 Å². The van der Waals surface area contributed by atoms with Crippen molar-refractivity contribution in [1.29, 1.82) is 0 Å². The normalized spacial score (nSPS) is 13.7. The van der Waals surface area contributed by atoms with Crippen molar-refractivity contribution in [3.8, 4) is 22.1 Å². The molecule has 0 unspecified atom stereocenters. The molecule has 0 N–H and O–H groups in total. The quantitative estimate of drug-likeness (QED) is 0.223. The number of carbonyl (C=O) groups excluding carboxylic acids is 1. The summed E-state index contributed by atoms with van der Waals surface area (Å²) < 4.78 is 7.61. The number of thiophene rings is 1. The van der Waals surface area contributed by atoms with Crippen molar-refractivity contribution < 1.29 is 9.53 Å². The maximum atomic E-state index is 12.9. The highest BCUT2D eigenvalue weighted by Crippen LogP contribution is 2.31. The summed E-state index contributed by atoms with van der Waals surface area (Å²) in [5.74, 6) is 2.75. The van der Waals surface area contributed by atoms with E-state index in [0.29, 0.717) is 6.42 Å². The van der Waals surface area contributed by atoms with Crippen molar-refractivity contribution in [3.63, 3.8) is 0 Å². The van der Waals surface area contributed by atoms with Crippen LogP contribution in [0.25, 0.3) is 16.4 Å². The van der Waals surface area contributed by atoms with Gasteiger partial charge in [0.05, 0.1) is 17.7 Å². The van der Waals surface area contributed by atoms with Crippen LogP contribution in [-0.2, 0) is 4.79 Å². The number of methoxy groups -OCH3 is 1. The minimum atomic E-state index is 0.221. The largest absolute Gasteiger partial charge is 0.495 e. The molecule has 1 saturated heterocycles. The van der Waals surface area contributed by atoms with Gasteiger partial charge in [-0.3, -0.25) is 9.36 Å². The van der Waals surface area contributed by atoms with E-state index < -0.39 is 0 Å². The molecule has 3 heterocycles. The molecule has 5 rings (SSSR count). The van der Waals surface area contributed by atoms with Crippen molar-refractivity contribution in [2.45, 2.75) is 18.0 Å². The SMILES string of the molecule is COc1ccccc1N1CCN(C(=O)CCCSc2nnc(-c3cccs3)n2-c2ccccc2)CC1. The topological polar surface area (TPSA) is 63.5 Å². The summed E-state index contributed by atoms with van der Waals surface area (Å²) in [6.07, 6.45) is 1.34. The third-order valence-corrected chi connectivity index (χ3v) is 8.09. The van der Waals surface area contributed by atoms with E-state index in [9.17, 15) is 4.79 Å². The third-order valence-electron chi connectivity index (χ3n) is 6.21. The molecule has 7 nitrogen and oxygen atoms in total. The lowest BCUT2D eigenvalue weighted by atomic mass is 10.2. The molecule has 36 heavy (non-hydrogen) atoms. The Morgan fingerprint density at radius 3 is 2.50 bits per heavy atom. The number of hydrogen-bond donors (Lipinski definition) is 0. The molecule has 2 aromatic carbocycles. The lowest BCUT2D eigenvalue weighted by Crippen LogP contribution is -2.48. The molecule has 1 amide bonds. The van der Waals surface area contributed by atoms with Gasteiger partial charge in [0.25, 0.3) is 0 Å². The van der Waals surface area contributed by atoms with Gasteiger partial charge >= 0.3 is 0 Å². The molecule has 4 aromatic rings. The fourth-order valence-corrected chi connectivity index (χ4v) is 5.96. The van der Waals surface area contributed by atoms with Crippen LogP contribution in [0.4, 0.5) is 5.69 Å². The molecule has 0 radical (unpaired) electrons. The zero-order valence-electron chi connectivity index (χ0n) is 20.2. The molecule has 0 aliphatic carbocycles. The van der Waals surface area contributed by atoms with E-state index >= 15 is 0 Å². The average Bonchev–Trinajstić information content (AvgIpc) is 3.62. The first-order chi connectivity index (χ1) is 17.7. The average molecular weight is 520 g/mol. The number of piperazine rings is 1. The van der Waals surface area contributed by atoms with Gasteiger partial charge in [-0.15, -0.1) is 21.5 Å². The Balaban J connectivity index is 1.15. The van der Waals surface area contributed by atoms with E-state index in [-0.39, 0.29) is 5.91 Å². The Morgan fingerprint density at radius 1 is 0.972 bits per heavy atom. The molecule has 9 heteroatoms. The summed E-state index contributed by atoms with van der Waals surface area (Å²) in [5, 5.41) is 11.9. The minimum absolute atomic E-state index is 0.221. The number of nitrogens with zero attached hydrogens (tertiary/aromatic N) is 5. The number of ether oxygens (including phenoxy) is 1. The van der Waals surface area contributed by atoms with E-state index in [1.807, 2.05) is 52.7 Å². The summed E-state index contributed by atoms with van der Waals surface area (Å²) in [6.45, 7) is 3.09. The minimum Gasteiger partial charge on any atom is -0.495 e. The molecule has 0 saturated carbocycles. The van der Waals surface area contributed by atoms with Crippen LogP contribution in [0, 0.1) is 0 Å². The van der Waals surface area contributed by atoms with E-state index in [2.05, 4.69) is 43.9 Å². The molecular formula is C27H29N5O2S2. The zero-order valence-corrected chi connectivity index (χ0v) is 21.9. The highest BCUT2D eigenvalue weighted by Gasteiger charge is 2.23. The van der Waals surface area contributed by atoms with Crippen LogP contribution in [0.2, 0.25) is 0 Å². The molecule has 2 aromatic heterocycles. The van der Waals surface area contributed by atoms with Gasteiger partial charge in [0, 0.05) is 44.0 Å². The van der Waals surface area contributed by atoms with Crippen molar-refractivity contribution in [2.75, 3.05) is 43.9 Å². The van der Waals surface area contributed by atoms with Gasteiger partial charge < -0.3 is 14.5 Å². The van der Waals surface area contributed by atoms with Crippen LogP contribution < -0.4 is 9.64 Å². The summed E-state index contributed by atoms with van der Waals surface area (Å²) in [7, 11) is 1.70. The van der Waals surface area contributed by atoms with Gasteiger partial charge in [0.15, 0.2) is 11.0 Å². The Kier molecular flexibility index (Phi) is 7.88. The maximum absolute atomic E-state index is 12.9. The number of benzene rings is 2. The fourth-order valence-electron chi connectivity index (χ4n) is 4.37. The van der Waals surface area contributed by atoms with Gasteiger partial charge in [0.2, 0.25) is 5.91 Å². The second-order valence-electron chi connectivity index (χ2n) is 8.45. The van der Waals surface area contributed by atoms with Gasteiger partial charge in [-0.05, 0) is 42.1 Å². The first-order valence-corrected chi connectivity index (χ1v) is 13.9. The zero-order chi connectivity index (χ0) is 24.7. The second-order valence-corrected chi connectivity index (χ2v) is 10.5. The Labute approximate surface area is 219 Å². The van der Waals surface area contributed by atoms with E-state index in [0.717, 1.165) is 71.3 Å². The third kappa shape index (κ3) is 5.42. The molecule has 186 valence electrons. The first kappa shape index (κ1) is 24.4. The molecule has 0 spiro atoms. The molecule has 0 atom stereocenters. The number of anilines is 1. The van der Waals surface area contributed by atoms with Crippen molar-refractivity contribution in [2.24, 2.45) is 0 Å². The molecule has 1 aliphatic rings. The number of thioether (sulfide) groups is 1. The number of carbonyl (C=O) groups is 1. The lowest BCUT2D eigenvalue weighted by molar-refractivity contribution is -0.131. The highest BCUT2D eigenvalue weighted by atomic mass is 32.2. The summed E-state index contributed by atoms with van der Waals surface area (Å²) in [4.78, 5) is 18.2. The highest BCUT2D eigenvalue weighted by molar-refractivity contribution is 7.99.